The zero-order valence-corrected chi connectivity index (χ0v) is 13.9. The summed E-state index contributed by atoms with van der Waals surface area (Å²) in [4.78, 5) is 11.4. The van der Waals surface area contributed by atoms with Gasteiger partial charge in [-0.15, -0.1) is 0 Å². The van der Waals surface area contributed by atoms with Gasteiger partial charge in [0.1, 0.15) is 5.78 Å². The summed E-state index contributed by atoms with van der Waals surface area (Å²) in [7, 11) is 0.542. The number of rotatable bonds is 15. The SMILES string of the molecule is COCCOCCOCCS(=O)CC(CCCO)C(C)=O. The number of carbonyl (C=O) groups is 1. The van der Waals surface area contributed by atoms with Crippen molar-refractivity contribution < 1.29 is 28.3 Å². The molecule has 0 rings (SSSR count). The van der Waals surface area contributed by atoms with Gasteiger partial charge in [0.2, 0.25) is 0 Å². The number of aliphatic hydroxyl groups is 1. The van der Waals surface area contributed by atoms with E-state index in [2.05, 4.69) is 0 Å². The Hall–Kier alpha value is -0.340. The Labute approximate surface area is 129 Å². The van der Waals surface area contributed by atoms with Crippen LogP contribution in [0, 0.1) is 5.92 Å². The maximum atomic E-state index is 11.9. The molecule has 1 N–H and O–H groups in total. The molecular formula is C14H28O6S. The first kappa shape index (κ1) is 20.7. The molecule has 6 nitrogen and oxygen atoms in total. The molecule has 0 aromatic carbocycles. The van der Waals surface area contributed by atoms with Crippen molar-refractivity contribution in [3.8, 4) is 0 Å². The predicted octanol–water partition coefficient (Wildman–Crippen LogP) is 0.392. The Morgan fingerprint density at radius 3 is 2.33 bits per heavy atom. The quantitative estimate of drug-likeness (QED) is 0.439. The van der Waals surface area contributed by atoms with Crippen LogP contribution < -0.4 is 0 Å². The van der Waals surface area contributed by atoms with Gasteiger partial charge in [0.05, 0.1) is 33.0 Å². The van der Waals surface area contributed by atoms with E-state index >= 15 is 0 Å². The summed E-state index contributed by atoms with van der Waals surface area (Å²) in [6, 6.07) is 0. The molecule has 0 saturated heterocycles. The van der Waals surface area contributed by atoms with Crippen molar-refractivity contribution in [2.75, 3.05) is 58.3 Å². The molecule has 0 radical (unpaired) electrons. The molecule has 0 spiro atoms. The highest BCUT2D eigenvalue weighted by molar-refractivity contribution is 7.85. The van der Waals surface area contributed by atoms with Crippen LogP contribution in [0.15, 0.2) is 0 Å². The Morgan fingerprint density at radius 1 is 1.14 bits per heavy atom. The molecule has 126 valence electrons. The third-order valence-corrected chi connectivity index (χ3v) is 4.33. The number of aliphatic hydroxyl groups excluding tert-OH is 1. The van der Waals surface area contributed by atoms with E-state index < -0.39 is 10.8 Å². The smallest absolute Gasteiger partial charge is 0.133 e. The van der Waals surface area contributed by atoms with Crippen LogP contribution in [-0.2, 0) is 29.8 Å². The fraction of sp³-hybridized carbons (Fsp3) is 0.929. The molecule has 0 aliphatic carbocycles. The van der Waals surface area contributed by atoms with Crippen LogP contribution in [0.4, 0.5) is 0 Å². The lowest BCUT2D eigenvalue weighted by Crippen LogP contribution is -2.22. The van der Waals surface area contributed by atoms with E-state index in [1.165, 1.54) is 6.92 Å². The lowest BCUT2D eigenvalue weighted by molar-refractivity contribution is -0.120. The summed E-state index contributed by atoms with van der Waals surface area (Å²) >= 11 is 0. The van der Waals surface area contributed by atoms with Crippen molar-refractivity contribution in [2.24, 2.45) is 5.92 Å². The number of carbonyl (C=O) groups excluding carboxylic acids is 1. The molecule has 0 heterocycles. The number of ether oxygens (including phenoxy) is 3. The third kappa shape index (κ3) is 13.1. The van der Waals surface area contributed by atoms with Crippen LogP contribution in [0.5, 0.6) is 0 Å². The molecule has 0 aromatic heterocycles. The Kier molecular flexibility index (Phi) is 14.4. The topological polar surface area (TPSA) is 82.1 Å². The second kappa shape index (κ2) is 14.6. The van der Waals surface area contributed by atoms with Crippen LogP contribution in [0.3, 0.4) is 0 Å². The zero-order chi connectivity index (χ0) is 15.9. The van der Waals surface area contributed by atoms with Gasteiger partial charge in [-0.25, -0.2) is 0 Å². The zero-order valence-electron chi connectivity index (χ0n) is 13.0. The maximum absolute atomic E-state index is 11.9. The number of hydrogen-bond donors (Lipinski definition) is 1. The van der Waals surface area contributed by atoms with Gasteiger partial charge >= 0.3 is 0 Å². The number of methoxy groups -OCH3 is 1. The molecule has 7 heteroatoms. The monoisotopic (exact) mass is 324 g/mol. The van der Waals surface area contributed by atoms with E-state index in [9.17, 15) is 9.00 Å². The van der Waals surface area contributed by atoms with Crippen molar-refractivity contribution in [3.05, 3.63) is 0 Å². The first-order valence-corrected chi connectivity index (χ1v) is 8.71. The Bertz CT molecular complexity index is 285. The normalized spacial score (nSPS) is 14.0. The van der Waals surface area contributed by atoms with Crippen LogP contribution in [0.2, 0.25) is 0 Å². The molecule has 2 unspecified atom stereocenters. The van der Waals surface area contributed by atoms with Gasteiger partial charge in [-0.3, -0.25) is 9.00 Å². The van der Waals surface area contributed by atoms with Gasteiger partial charge in [-0.05, 0) is 19.8 Å². The van der Waals surface area contributed by atoms with Gasteiger partial charge in [0.25, 0.3) is 0 Å². The first-order chi connectivity index (χ1) is 10.1. The van der Waals surface area contributed by atoms with Crippen molar-refractivity contribution in [1.29, 1.82) is 0 Å². The molecule has 0 amide bonds. The van der Waals surface area contributed by atoms with Gasteiger partial charge in [-0.1, -0.05) is 0 Å². The standard InChI is InChI=1S/C14H28O6S/c1-13(16)14(4-3-5-15)12-21(17)11-10-20-9-8-19-7-6-18-2/h14-15H,3-12H2,1-2H3. The summed E-state index contributed by atoms with van der Waals surface area (Å²) in [5.41, 5.74) is 0. The average Bonchev–Trinajstić information content (AvgIpc) is 2.46. The average molecular weight is 324 g/mol. The molecule has 0 aromatic rings. The van der Waals surface area contributed by atoms with E-state index in [0.717, 1.165) is 0 Å². The summed E-state index contributed by atoms with van der Waals surface area (Å²) in [5, 5.41) is 8.78. The van der Waals surface area contributed by atoms with Crippen LogP contribution in [0.25, 0.3) is 0 Å². The van der Waals surface area contributed by atoms with Crippen molar-refractivity contribution in [2.45, 2.75) is 19.8 Å². The molecule has 2 atom stereocenters. The Balaban J connectivity index is 3.61. The lowest BCUT2D eigenvalue weighted by Gasteiger charge is -2.12. The van der Waals surface area contributed by atoms with E-state index in [1.807, 2.05) is 0 Å². The fourth-order valence-electron chi connectivity index (χ4n) is 1.67. The van der Waals surface area contributed by atoms with Gasteiger partial charge < -0.3 is 19.3 Å². The number of ketones is 1. The predicted molar refractivity (Wildman–Crippen MR) is 81.9 cm³/mol. The molecule has 0 aliphatic rings. The molecule has 0 aliphatic heterocycles. The minimum absolute atomic E-state index is 0.0317. The summed E-state index contributed by atoms with van der Waals surface area (Å²) < 4.78 is 27.3. The fourth-order valence-corrected chi connectivity index (χ4v) is 2.99. The molecule has 0 saturated carbocycles. The summed E-state index contributed by atoms with van der Waals surface area (Å²) in [6.45, 7) is 4.01. The third-order valence-electron chi connectivity index (χ3n) is 2.93. The van der Waals surface area contributed by atoms with E-state index in [4.69, 9.17) is 19.3 Å². The Morgan fingerprint density at radius 2 is 1.76 bits per heavy atom. The van der Waals surface area contributed by atoms with E-state index in [1.54, 1.807) is 7.11 Å². The van der Waals surface area contributed by atoms with Crippen molar-refractivity contribution in [1.82, 2.24) is 0 Å². The second-order valence-corrected chi connectivity index (χ2v) is 6.32. The molecule has 21 heavy (non-hydrogen) atoms. The number of hydrogen-bond acceptors (Lipinski definition) is 6. The maximum Gasteiger partial charge on any atom is 0.133 e. The minimum atomic E-state index is -1.07. The van der Waals surface area contributed by atoms with E-state index in [-0.39, 0.29) is 18.3 Å². The largest absolute Gasteiger partial charge is 0.396 e. The molecule has 0 fully saturated rings. The molecular weight excluding hydrogens is 296 g/mol. The van der Waals surface area contributed by atoms with Gasteiger partial charge in [-0.2, -0.15) is 0 Å². The first-order valence-electron chi connectivity index (χ1n) is 7.22. The van der Waals surface area contributed by atoms with Gasteiger partial charge in [0.15, 0.2) is 0 Å². The minimum Gasteiger partial charge on any atom is -0.396 e. The number of Topliss-reactive ketones (excluding diaryl/α,β-unsaturated/α-hetero) is 1. The highest BCUT2D eigenvalue weighted by atomic mass is 32.2. The van der Waals surface area contributed by atoms with Crippen LogP contribution in [-0.4, -0.2) is 73.4 Å². The summed E-state index contributed by atoms with van der Waals surface area (Å²) in [6.07, 6.45) is 1.16. The highest BCUT2D eigenvalue weighted by Crippen LogP contribution is 2.09. The van der Waals surface area contributed by atoms with E-state index in [0.29, 0.717) is 57.4 Å². The molecule has 0 bridgehead atoms. The second-order valence-electron chi connectivity index (χ2n) is 4.70. The lowest BCUT2D eigenvalue weighted by atomic mass is 10.0. The van der Waals surface area contributed by atoms with Crippen molar-refractivity contribution >= 4 is 16.6 Å². The van der Waals surface area contributed by atoms with Crippen LogP contribution >= 0.6 is 0 Å². The van der Waals surface area contributed by atoms with Crippen molar-refractivity contribution in [3.63, 3.8) is 0 Å². The van der Waals surface area contributed by atoms with Crippen LogP contribution in [0.1, 0.15) is 19.8 Å². The summed E-state index contributed by atoms with van der Waals surface area (Å²) in [5.74, 6) is 0.573. The highest BCUT2D eigenvalue weighted by Gasteiger charge is 2.17. The van der Waals surface area contributed by atoms with Gasteiger partial charge in [0, 0.05) is 41.9 Å².